The highest BCUT2D eigenvalue weighted by Gasteiger charge is 2.42. The lowest BCUT2D eigenvalue weighted by atomic mass is 9.73. The van der Waals surface area contributed by atoms with Crippen LogP contribution in [0.25, 0.3) is 10.4 Å². The minimum absolute atomic E-state index is 0. The largest absolute Gasteiger partial charge is 0.316 e. The molecule has 15 heavy (non-hydrogen) atoms. The van der Waals surface area contributed by atoms with Crippen molar-refractivity contribution in [2.45, 2.75) is 12.8 Å². The summed E-state index contributed by atoms with van der Waals surface area (Å²) < 4.78 is 0. The third kappa shape index (κ3) is 2.72. The SMILES string of the molecule is Cl.[N-]=[N+]=NCC1CNCC12CCSCC2. The van der Waals surface area contributed by atoms with Crippen LogP contribution in [0.3, 0.4) is 0 Å². The van der Waals surface area contributed by atoms with Crippen molar-refractivity contribution in [2.75, 3.05) is 31.1 Å². The molecule has 2 aliphatic heterocycles. The number of hydrogen-bond acceptors (Lipinski definition) is 3. The molecule has 86 valence electrons. The van der Waals surface area contributed by atoms with Gasteiger partial charge in [-0.15, -0.1) is 12.4 Å². The predicted molar refractivity (Wildman–Crippen MR) is 66.6 cm³/mol. The normalized spacial score (nSPS) is 28.1. The second kappa shape index (κ2) is 5.85. The Bertz CT molecular complexity index is 248. The molecule has 2 aliphatic rings. The van der Waals surface area contributed by atoms with Crippen LogP contribution in [0.4, 0.5) is 0 Å². The van der Waals surface area contributed by atoms with Crippen molar-refractivity contribution < 1.29 is 0 Å². The topological polar surface area (TPSA) is 60.8 Å². The van der Waals surface area contributed by atoms with Gasteiger partial charge in [-0.1, -0.05) is 5.11 Å². The molecule has 0 aromatic carbocycles. The van der Waals surface area contributed by atoms with Crippen LogP contribution in [-0.4, -0.2) is 31.1 Å². The van der Waals surface area contributed by atoms with Gasteiger partial charge >= 0.3 is 0 Å². The first-order chi connectivity index (χ1) is 6.87. The van der Waals surface area contributed by atoms with Crippen LogP contribution < -0.4 is 5.32 Å². The fourth-order valence-electron chi connectivity index (χ4n) is 2.61. The summed E-state index contributed by atoms with van der Waals surface area (Å²) in [6.45, 7) is 2.83. The van der Waals surface area contributed by atoms with E-state index in [1.165, 1.54) is 24.3 Å². The molecule has 0 aromatic rings. The maximum Gasteiger partial charge on any atom is 0.0304 e. The van der Waals surface area contributed by atoms with Crippen LogP contribution in [0, 0.1) is 11.3 Å². The molecular formula is C9H17ClN4S. The highest BCUT2D eigenvalue weighted by molar-refractivity contribution is 7.99. The van der Waals surface area contributed by atoms with E-state index in [2.05, 4.69) is 27.1 Å². The average Bonchev–Trinajstić information content (AvgIpc) is 2.59. The lowest BCUT2D eigenvalue weighted by molar-refractivity contribution is 0.210. The third-order valence-corrected chi connectivity index (χ3v) is 4.57. The number of rotatable bonds is 2. The van der Waals surface area contributed by atoms with Gasteiger partial charge in [-0.3, -0.25) is 0 Å². The molecule has 1 N–H and O–H groups in total. The third-order valence-electron chi connectivity index (χ3n) is 3.59. The average molecular weight is 249 g/mol. The zero-order chi connectivity index (χ0) is 9.86. The molecule has 6 heteroatoms. The predicted octanol–water partition coefficient (Wildman–Crippen LogP) is 2.45. The van der Waals surface area contributed by atoms with Crippen molar-refractivity contribution in [3.05, 3.63) is 10.4 Å². The molecule has 0 aliphatic carbocycles. The summed E-state index contributed by atoms with van der Waals surface area (Å²) >= 11 is 2.05. The summed E-state index contributed by atoms with van der Waals surface area (Å²) in [5.74, 6) is 3.11. The molecule has 1 spiro atoms. The summed E-state index contributed by atoms with van der Waals surface area (Å²) in [5.41, 5.74) is 8.79. The highest BCUT2D eigenvalue weighted by Crippen LogP contribution is 2.43. The quantitative estimate of drug-likeness (QED) is 0.464. The zero-order valence-electron chi connectivity index (χ0n) is 8.69. The molecule has 0 saturated carbocycles. The van der Waals surface area contributed by atoms with Gasteiger partial charge in [0, 0.05) is 18.0 Å². The van der Waals surface area contributed by atoms with Gasteiger partial charge in [0.05, 0.1) is 0 Å². The Morgan fingerprint density at radius 2 is 2.20 bits per heavy atom. The number of nitrogens with zero attached hydrogens (tertiary/aromatic N) is 3. The van der Waals surface area contributed by atoms with Gasteiger partial charge in [0.15, 0.2) is 0 Å². The molecule has 1 unspecified atom stereocenters. The first kappa shape index (κ1) is 13.0. The van der Waals surface area contributed by atoms with E-state index in [1.54, 1.807) is 0 Å². The Morgan fingerprint density at radius 1 is 1.47 bits per heavy atom. The minimum atomic E-state index is 0. The van der Waals surface area contributed by atoms with Crippen molar-refractivity contribution in [3.8, 4) is 0 Å². The van der Waals surface area contributed by atoms with Gasteiger partial charge in [0.1, 0.15) is 0 Å². The molecule has 2 heterocycles. The summed E-state index contributed by atoms with van der Waals surface area (Å²) in [5, 5.41) is 7.19. The van der Waals surface area contributed by atoms with Gasteiger partial charge in [-0.05, 0) is 47.8 Å². The fourth-order valence-corrected chi connectivity index (χ4v) is 3.92. The number of thioether (sulfide) groups is 1. The van der Waals surface area contributed by atoms with Gasteiger partial charge < -0.3 is 5.32 Å². The molecule has 2 fully saturated rings. The molecule has 0 radical (unpaired) electrons. The number of halogens is 1. The van der Waals surface area contributed by atoms with E-state index in [0.717, 1.165) is 13.1 Å². The van der Waals surface area contributed by atoms with Crippen LogP contribution in [0.2, 0.25) is 0 Å². The van der Waals surface area contributed by atoms with E-state index < -0.39 is 0 Å². The second-order valence-corrected chi connectivity index (χ2v) is 5.44. The Hall–Kier alpha value is -0.0900. The van der Waals surface area contributed by atoms with Crippen LogP contribution in [0.5, 0.6) is 0 Å². The van der Waals surface area contributed by atoms with Crippen molar-refractivity contribution in [2.24, 2.45) is 16.4 Å². The lowest BCUT2D eigenvalue weighted by Gasteiger charge is -2.37. The molecule has 4 nitrogen and oxygen atoms in total. The molecule has 0 aromatic heterocycles. The Kier molecular flexibility index (Phi) is 5.06. The van der Waals surface area contributed by atoms with Crippen LogP contribution in [0.1, 0.15) is 12.8 Å². The molecule has 0 bridgehead atoms. The van der Waals surface area contributed by atoms with Crippen molar-refractivity contribution in [1.29, 1.82) is 0 Å². The van der Waals surface area contributed by atoms with Crippen molar-refractivity contribution in [3.63, 3.8) is 0 Å². The summed E-state index contributed by atoms with van der Waals surface area (Å²) in [4.78, 5) is 2.87. The van der Waals surface area contributed by atoms with Gasteiger partial charge in [-0.25, -0.2) is 0 Å². The zero-order valence-corrected chi connectivity index (χ0v) is 10.3. The first-order valence-electron chi connectivity index (χ1n) is 5.17. The van der Waals surface area contributed by atoms with Gasteiger partial charge in [-0.2, -0.15) is 11.8 Å². The van der Waals surface area contributed by atoms with E-state index in [0.29, 0.717) is 17.9 Å². The maximum atomic E-state index is 8.35. The van der Waals surface area contributed by atoms with Crippen LogP contribution in [-0.2, 0) is 0 Å². The summed E-state index contributed by atoms with van der Waals surface area (Å²) in [6, 6.07) is 0. The number of azide groups is 1. The van der Waals surface area contributed by atoms with Gasteiger partial charge in [0.25, 0.3) is 0 Å². The van der Waals surface area contributed by atoms with E-state index >= 15 is 0 Å². The van der Waals surface area contributed by atoms with Crippen molar-refractivity contribution in [1.82, 2.24) is 5.32 Å². The lowest BCUT2D eigenvalue weighted by Crippen LogP contribution is -2.35. The Morgan fingerprint density at radius 3 is 2.87 bits per heavy atom. The summed E-state index contributed by atoms with van der Waals surface area (Å²) in [7, 11) is 0. The molecule has 2 rings (SSSR count). The van der Waals surface area contributed by atoms with E-state index in [4.69, 9.17) is 5.53 Å². The monoisotopic (exact) mass is 248 g/mol. The fraction of sp³-hybridized carbons (Fsp3) is 1.00. The Labute approximate surface area is 101 Å². The maximum absolute atomic E-state index is 8.35. The first-order valence-corrected chi connectivity index (χ1v) is 6.32. The molecular weight excluding hydrogens is 232 g/mol. The minimum Gasteiger partial charge on any atom is -0.316 e. The van der Waals surface area contributed by atoms with Crippen LogP contribution >= 0.6 is 24.2 Å². The van der Waals surface area contributed by atoms with E-state index in [1.807, 2.05) is 0 Å². The smallest absolute Gasteiger partial charge is 0.0304 e. The number of hydrogen-bond donors (Lipinski definition) is 1. The number of nitrogens with one attached hydrogen (secondary N) is 1. The van der Waals surface area contributed by atoms with E-state index in [9.17, 15) is 0 Å². The molecule has 1 atom stereocenters. The van der Waals surface area contributed by atoms with Crippen molar-refractivity contribution >= 4 is 24.2 Å². The molecule has 0 amide bonds. The Balaban J connectivity index is 0.00000112. The van der Waals surface area contributed by atoms with Gasteiger partial charge in [0.2, 0.25) is 0 Å². The van der Waals surface area contributed by atoms with E-state index in [-0.39, 0.29) is 12.4 Å². The standard InChI is InChI=1S/C9H16N4S.ClH/c10-13-12-6-8-5-11-7-9(8)1-3-14-4-2-9;/h8,11H,1-7H2;1H. The molecule has 2 saturated heterocycles. The van der Waals surface area contributed by atoms with Crippen LogP contribution in [0.15, 0.2) is 5.11 Å². The second-order valence-electron chi connectivity index (χ2n) is 4.22. The highest BCUT2D eigenvalue weighted by atomic mass is 35.5. The summed E-state index contributed by atoms with van der Waals surface area (Å²) in [6.07, 6.45) is 2.58.